The molecule has 2 nitrogen and oxygen atoms in total. The minimum Gasteiger partial charge on any atom is -0.315 e. The fourth-order valence-corrected chi connectivity index (χ4v) is 2.34. The summed E-state index contributed by atoms with van der Waals surface area (Å²) in [5, 5.41) is 3.43. The van der Waals surface area contributed by atoms with Crippen molar-refractivity contribution in [2.24, 2.45) is 0 Å². The zero-order valence-electron chi connectivity index (χ0n) is 8.01. The van der Waals surface area contributed by atoms with Crippen LogP contribution in [-0.4, -0.2) is 49.1 Å². The van der Waals surface area contributed by atoms with Crippen molar-refractivity contribution in [3.05, 3.63) is 0 Å². The van der Waals surface area contributed by atoms with E-state index >= 15 is 0 Å². The predicted molar refractivity (Wildman–Crippen MR) is 56.9 cm³/mol. The highest BCUT2D eigenvalue weighted by Crippen LogP contribution is 2.07. The minimum absolute atomic E-state index is 1.17. The molecule has 0 bridgehead atoms. The molecule has 1 N–H and O–H groups in total. The van der Waals surface area contributed by atoms with Gasteiger partial charge in [0.05, 0.1) is 0 Å². The van der Waals surface area contributed by atoms with E-state index in [-0.39, 0.29) is 0 Å². The molecule has 1 rings (SSSR count). The van der Waals surface area contributed by atoms with Crippen molar-refractivity contribution < 1.29 is 0 Å². The van der Waals surface area contributed by atoms with Crippen molar-refractivity contribution in [3.8, 4) is 0 Å². The Bertz CT molecular complexity index is 103. The Morgan fingerprint density at radius 2 is 2.00 bits per heavy atom. The summed E-state index contributed by atoms with van der Waals surface area (Å²) in [7, 11) is 0. The Labute approximate surface area is 80.1 Å². The fourth-order valence-electron chi connectivity index (χ4n) is 1.36. The molecule has 0 aromatic rings. The average Bonchev–Trinajstić information content (AvgIpc) is 2.14. The lowest BCUT2D eigenvalue weighted by Crippen LogP contribution is -2.37. The van der Waals surface area contributed by atoms with Gasteiger partial charge in [0, 0.05) is 37.7 Å². The summed E-state index contributed by atoms with van der Waals surface area (Å²) in [6.45, 7) is 8.36. The molecule has 0 radical (unpaired) electrons. The van der Waals surface area contributed by atoms with E-state index in [1.807, 2.05) is 0 Å². The van der Waals surface area contributed by atoms with E-state index in [4.69, 9.17) is 0 Å². The molecule has 1 fully saturated rings. The number of hydrogen-bond acceptors (Lipinski definition) is 3. The summed E-state index contributed by atoms with van der Waals surface area (Å²) in [5.74, 6) is 2.65. The van der Waals surface area contributed by atoms with Crippen LogP contribution in [0.5, 0.6) is 0 Å². The zero-order chi connectivity index (χ0) is 8.65. The molecule has 0 atom stereocenters. The third kappa shape index (κ3) is 4.33. The van der Waals surface area contributed by atoms with Crippen LogP contribution in [0.25, 0.3) is 0 Å². The number of rotatable bonds is 5. The third-order valence-corrected chi connectivity index (χ3v) is 3.08. The highest BCUT2D eigenvalue weighted by Gasteiger charge is 2.08. The van der Waals surface area contributed by atoms with Gasteiger partial charge in [-0.2, -0.15) is 11.8 Å². The molecule has 72 valence electrons. The van der Waals surface area contributed by atoms with Gasteiger partial charge in [0.25, 0.3) is 0 Å². The number of thioether (sulfide) groups is 1. The minimum atomic E-state index is 1.17. The summed E-state index contributed by atoms with van der Waals surface area (Å²) in [5.41, 5.74) is 0. The van der Waals surface area contributed by atoms with Crippen molar-refractivity contribution >= 4 is 11.8 Å². The van der Waals surface area contributed by atoms with Crippen molar-refractivity contribution in [1.82, 2.24) is 10.2 Å². The van der Waals surface area contributed by atoms with Gasteiger partial charge in [0.1, 0.15) is 0 Å². The second-order valence-electron chi connectivity index (χ2n) is 3.20. The van der Waals surface area contributed by atoms with Crippen molar-refractivity contribution in [2.45, 2.75) is 13.3 Å². The molecule has 3 heteroatoms. The molecular formula is C9H20N2S. The van der Waals surface area contributed by atoms with Gasteiger partial charge in [-0.25, -0.2) is 0 Å². The maximum absolute atomic E-state index is 3.43. The van der Waals surface area contributed by atoms with Gasteiger partial charge in [-0.15, -0.1) is 0 Å². The third-order valence-electron chi connectivity index (χ3n) is 2.14. The normalized spacial score (nSPS) is 19.8. The SMILES string of the molecule is CCCNCCN1CCSCC1. The van der Waals surface area contributed by atoms with Gasteiger partial charge in [-0.3, -0.25) is 0 Å². The van der Waals surface area contributed by atoms with E-state index in [0.29, 0.717) is 0 Å². The van der Waals surface area contributed by atoms with Crippen LogP contribution in [0.1, 0.15) is 13.3 Å². The first-order chi connectivity index (χ1) is 5.93. The van der Waals surface area contributed by atoms with Crippen LogP contribution < -0.4 is 5.32 Å². The molecular weight excluding hydrogens is 168 g/mol. The quantitative estimate of drug-likeness (QED) is 0.649. The lowest BCUT2D eigenvalue weighted by molar-refractivity contribution is 0.301. The van der Waals surface area contributed by atoms with E-state index in [0.717, 1.165) is 0 Å². The molecule has 0 amide bonds. The molecule has 1 heterocycles. The van der Waals surface area contributed by atoms with Crippen molar-refractivity contribution in [1.29, 1.82) is 0 Å². The second kappa shape index (κ2) is 6.75. The van der Waals surface area contributed by atoms with Gasteiger partial charge in [0.2, 0.25) is 0 Å². The van der Waals surface area contributed by atoms with Crippen LogP contribution in [0.15, 0.2) is 0 Å². The summed E-state index contributed by atoms with van der Waals surface area (Å²) >= 11 is 2.08. The lowest BCUT2D eigenvalue weighted by atomic mass is 10.4. The average molecular weight is 188 g/mol. The van der Waals surface area contributed by atoms with Crippen LogP contribution in [0, 0.1) is 0 Å². The molecule has 0 aromatic heterocycles. The van der Waals surface area contributed by atoms with Crippen LogP contribution in [0.3, 0.4) is 0 Å². The molecule has 1 aliphatic heterocycles. The Balaban J connectivity index is 1.91. The van der Waals surface area contributed by atoms with Crippen LogP contribution in [0.2, 0.25) is 0 Å². The number of nitrogens with one attached hydrogen (secondary N) is 1. The topological polar surface area (TPSA) is 15.3 Å². The van der Waals surface area contributed by atoms with E-state index in [1.54, 1.807) is 0 Å². The standard InChI is InChI=1S/C9H20N2S/c1-2-3-10-4-5-11-6-8-12-9-7-11/h10H,2-9H2,1H3. The van der Waals surface area contributed by atoms with E-state index in [9.17, 15) is 0 Å². The Kier molecular flexibility index (Phi) is 5.82. The first kappa shape index (κ1) is 10.4. The molecule has 0 aliphatic carbocycles. The van der Waals surface area contributed by atoms with Gasteiger partial charge >= 0.3 is 0 Å². The maximum Gasteiger partial charge on any atom is 0.0107 e. The molecule has 1 saturated heterocycles. The monoisotopic (exact) mass is 188 g/mol. The van der Waals surface area contributed by atoms with Crippen LogP contribution >= 0.6 is 11.8 Å². The summed E-state index contributed by atoms with van der Waals surface area (Å²) in [6, 6.07) is 0. The van der Waals surface area contributed by atoms with Gasteiger partial charge in [-0.05, 0) is 13.0 Å². The Hall–Kier alpha value is 0.270. The predicted octanol–water partition coefficient (Wildman–Crippen LogP) is 1.03. The first-order valence-electron chi connectivity index (χ1n) is 4.94. The largest absolute Gasteiger partial charge is 0.315 e. The molecule has 0 unspecified atom stereocenters. The molecule has 0 saturated carbocycles. The van der Waals surface area contributed by atoms with Gasteiger partial charge in [0.15, 0.2) is 0 Å². The van der Waals surface area contributed by atoms with Gasteiger partial charge in [-0.1, -0.05) is 6.92 Å². The molecule has 0 aromatic carbocycles. The first-order valence-corrected chi connectivity index (χ1v) is 6.09. The highest BCUT2D eigenvalue weighted by molar-refractivity contribution is 7.99. The van der Waals surface area contributed by atoms with Crippen LogP contribution in [-0.2, 0) is 0 Å². The Morgan fingerprint density at radius 1 is 1.25 bits per heavy atom. The smallest absolute Gasteiger partial charge is 0.0107 e. The van der Waals surface area contributed by atoms with Crippen molar-refractivity contribution in [3.63, 3.8) is 0 Å². The maximum atomic E-state index is 3.43. The zero-order valence-corrected chi connectivity index (χ0v) is 8.83. The Morgan fingerprint density at radius 3 is 2.67 bits per heavy atom. The molecule has 1 aliphatic rings. The van der Waals surface area contributed by atoms with E-state index < -0.39 is 0 Å². The lowest BCUT2D eigenvalue weighted by Gasteiger charge is -2.25. The second-order valence-corrected chi connectivity index (χ2v) is 4.43. The summed E-state index contributed by atoms with van der Waals surface area (Å²) < 4.78 is 0. The highest BCUT2D eigenvalue weighted by atomic mass is 32.2. The number of nitrogens with zero attached hydrogens (tertiary/aromatic N) is 1. The van der Waals surface area contributed by atoms with Crippen LogP contribution in [0.4, 0.5) is 0 Å². The fraction of sp³-hybridized carbons (Fsp3) is 1.00. The molecule has 12 heavy (non-hydrogen) atoms. The van der Waals surface area contributed by atoms with Crippen molar-refractivity contribution in [2.75, 3.05) is 44.2 Å². The summed E-state index contributed by atoms with van der Waals surface area (Å²) in [6.07, 6.45) is 1.25. The van der Waals surface area contributed by atoms with E-state index in [1.165, 1.54) is 50.7 Å². The molecule has 0 spiro atoms. The van der Waals surface area contributed by atoms with E-state index in [2.05, 4.69) is 28.9 Å². The number of hydrogen-bond donors (Lipinski definition) is 1. The summed E-state index contributed by atoms with van der Waals surface area (Å²) in [4.78, 5) is 2.55. The van der Waals surface area contributed by atoms with Gasteiger partial charge < -0.3 is 10.2 Å².